The first kappa shape index (κ1) is 22.7. The molecular formula is C23H19N3O4S3. The van der Waals surface area contributed by atoms with E-state index in [2.05, 4.69) is 15.4 Å². The molecule has 0 saturated heterocycles. The van der Waals surface area contributed by atoms with E-state index in [1.807, 2.05) is 11.4 Å². The Balaban J connectivity index is 1.30. The Hall–Kier alpha value is -3.47. The fraction of sp³-hybridized carbons (Fsp3) is 0.0435. The molecule has 0 aliphatic heterocycles. The molecule has 168 valence electrons. The Labute approximate surface area is 199 Å². The van der Waals surface area contributed by atoms with Crippen LogP contribution in [0, 0.1) is 0 Å². The van der Waals surface area contributed by atoms with Gasteiger partial charge in [-0.1, -0.05) is 24.3 Å². The van der Waals surface area contributed by atoms with E-state index in [4.69, 9.17) is 0 Å². The van der Waals surface area contributed by atoms with Gasteiger partial charge in [-0.3, -0.25) is 14.3 Å². The minimum atomic E-state index is -3.61. The van der Waals surface area contributed by atoms with Gasteiger partial charge in [0.25, 0.3) is 15.9 Å². The Bertz CT molecular complexity index is 1330. The van der Waals surface area contributed by atoms with Crippen LogP contribution in [0.5, 0.6) is 0 Å². The molecular weight excluding hydrogens is 478 g/mol. The molecule has 0 unspecified atom stereocenters. The van der Waals surface area contributed by atoms with Crippen molar-refractivity contribution in [1.82, 2.24) is 0 Å². The highest BCUT2D eigenvalue weighted by molar-refractivity contribution is 7.94. The van der Waals surface area contributed by atoms with Crippen LogP contribution in [-0.4, -0.2) is 20.2 Å². The van der Waals surface area contributed by atoms with Crippen molar-refractivity contribution in [1.29, 1.82) is 0 Å². The van der Waals surface area contributed by atoms with E-state index in [9.17, 15) is 18.0 Å². The Morgan fingerprint density at radius 2 is 1.33 bits per heavy atom. The van der Waals surface area contributed by atoms with Crippen molar-refractivity contribution in [3.05, 3.63) is 94.0 Å². The molecule has 0 fully saturated rings. The molecule has 2 heterocycles. The maximum atomic E-state index is 12.4. The molecule has 0 atom stereocenters. The quantitative estimate of drug-likeness (QED) is 0.317. The second-order valence-corrected chi connectivity index (χ2v) is 10.8. The van der Waals surface area contributed by atoms with Crippen LogP contribution in [0.1, 0.15) is 15.2 Å². The molecule has 2 amide bonds. The van der Waals surface area contributed by atoms with E-state index in [1.54, 1.807) is 66.0 Å². The average molecular weight is 498 g/mol. The molecule has 7 nitrogen and oxygen atoms in total. The van der Waals surface area contributed by atoms with Gasteiger partial charge in [0, 0.05) is 17.1 Å². The summed E-state index contributed by atoms with van der Waals surface area (Å²) in [6.45, 7) is 0. The SMILES string of the molecule is O=C(Cc1ccc(NS(=O)(=O)c2cccs2)cc1)Nc1ccc(NC(=O)c2cccs2)cc1. The van der Waals surface area contributed by atoms with Gasteiger partial charge in [0.1, 0.15) is 4.21 Å². The average Bonchev–Trinajstić information content (AvgIpc) is 3.51. The van der Waals surface area contributed by atoms with Crippen LogP contribution in [0.25, 0.3) is 0 Å². The third-order valence-electron chi connectivity index (χ3n) is 4.50. The van der Waals surface area contributed by atoms with Crippen LogP contribution in [0.3, 0.4) is 0 Å². The summed E-state index contributed by atoms with van der Waals surface area (Å²) in [7, 11) is -3.61. The summed E-state index contributed by atoms with van der Waals surface area (Å²) in [6.07, 6.45) is 0.134. The fourth-order valence-electron chi connectivity index (χ4n) is 2.94. The summed E-state index contributed by atoms with van der Waals surface area (Å²) in [5, 5.41) is 9.15. The standard InChI is InChI=1S/C23H19N3O4S3/c27-21(24-17-9-11-18(12-10-17)25-23(28)20-3-1-13-31-20)15-16-5-7-19(8-6-16)26-33(29,30)22-4-2-14-32-22/h1-14,26H,15H2,(H,24,27)(H,25,28). The molecule has 4 aromatic rings. The number of carbonyl (C=O) groups excluding carboxylic acids is 2. The largest absolute Gasteiger partial charge is 0.326 e. The minimum Gasteiger partial charge on any atom is -0.326 e. The summed E-state index contributed by atoms with van der Waals surface area (Å²) < 4.78 is 27.3. The second kappa shape index (κ2) is 9.99. The molecule has 2 aromatic heterocycles. The number of nitrogens with one attached hydrogen (secondary N) is 3. The first-order valence-electron chi connectivity index (χ1n) is 9.79. The van der Waals surface area contributed by atoms with Gasteiger partial charge < -0.3 is 10.6 Å². The highest BCUT2D eigenvalue weighted by atomic mass is 32.2. The number of benzene rings is 2. The number of carbonyl (C=O) groups is 2. The molecule has 4 rings (SSSR count). The Morgan fingerprint density at radius 3 is 1.94 bits per heavy atom. The van der Waals surface area contributed by atoms with E-state index in [0.717, 1.165) is 16.9 Å². The fourth-order valence-corrected chi connectivity index (χ4v) is 5.61. The molecule has 0 bridgehead atoms. The minimum absolute atomic E-state index is 0.134. The topological polar surface area (TPSA) is 104 Å². The zero-order chi connectivity index (χ0) is 23.3. The van der Waals surface area contributed by atoms with E-state index in [1.165, 1.54) is 17.4 Å². The molecule has 2 aromatic carbocycles. The maximum Gasteiger partial charge on any atom is 0.271 e. The van der Waals surface area contributed by atoms with Gasteiger partial charge in [-0.25, -0.2) is 8.42 Å². The number of anilines is 3. The van der Waals surface area contributed by atoms with Crippen LogP contribution in [0.4, 0.5) is 17.1 Å². The maximum absolute atomic E-state index is 12.4. The summed E-state index contributed by atoms with van der Waals surface area (Å²) in [6, 6.07) is 20.3. The summed E-state index contributed by atoms with van der Waals surface area (Å²) in [5.41, 5.74) is 2.40. The van der Waals surface area contributed by atoms with E-state index >= 15 is 0 Å². The van der Waals surface area contributed by atoms with Crippen molar-refractivity contribution >= 4 is 61.6 Å². The third kappa shape index (κ3) is 6.07. The smallest absolute Gasteiger partial charge is 0.271 e. The number of sulfonamides is 1. The lowest BCUT2D eigenvalue weighted by Crippen LogP contribution is -2.15. The molecule has 0 aliphatic carbocycles. The Kier molecular flexibility index (Phi) is 6.87. The van der Waals surface area contributed by atoms with Crippen LogP contribution in [-0.2, 0) is 21.2 Å². The van der Waals surface area contributed by atoms with Gasteiger partial charge in [-0.05, 0) is 64.9 Å². The molecule has 3 N–H and O–H groups in total. The first-order chi connectivity index (χ1) is 15.9. The number of amides is 2. The lowest BCUT2D eigenvalue weighted by Gasteiger charge is -2.09. The van der Waals surface area contributed by atoms with Gasteiger partial charge in [0.05, 0.1) is 11.3 Å². The van der Waals surface area contributed by atoms with Crippen molar-refractivity contribution in [2.45, 2.75) is 10.6 Å². The van der Waals surface area contributed by atoms with Crippen LogP contribution in [0.2, 0.25) is 0 Å². The number of thiophene rings is 2. The molecule has 0 saturated carbocycles. The van der Waals surface area contributed by atoms with E-state index in [0.29, 0.717) is 21.9 Å². The van der Waals surface area contributed by atoms with Crippen molar-refractivity contribution < 1.29 is 18.0 Å². The first-order valence-corrected chi connectivity index (χ1v) is 13.0. The number of hydrogen-bond donors (Lipinski definition) is 3. The molecule has 0 aliphatic rings. The van der Waals surface area contributed by atoms with Gasteiger partial charge in [0.2, 0.25) is 5.91 Å². The molecule has 33 heavy (non-hydrogen) atoms. The molecule has 0 spiro atoms. The monoisotopic (exact) mass is 497 g/mol. The van der Waals surface area contributed by atoms with Crippen LogP contribution < -0.4 is 15.4 Å². The zero-order valence-corrected chi connectivity index (χ0v) is 19.6. The van der Waals surface area contributed by atoms with E-state index in [-0.39, 0.29) is 22.4 Å². The van der Waals surface area contributed by atoms with Crippen LogP contribution >= 0.6 is 22.7 Å². The van der Waals surface area contributed by atoms with Gasteiger partial charge >= 0.3 is 0 Å². The van der Waals surface area contributed by atoms with Gasteiger partial charge in [0.15, 0.2) is 0 Å². The van der Waals surface area contributed by atoms with Crippen molar-refractivity contribution in [3.8, 4) is 0 Å². The lowest BCUT2D eigenvalue weighted by atomic mass is 10.1. The van der Waals surface area contributed by atoms with E-state index < -0.39 is 10.0 Å². The van der Waals surface area contributed by atoms with Crippen LogP contribution in [0.15, 0.2) is 87.8 Å². The molecule has 0 radical (unpaired) electrons. The lowest BCUT2D eigenvalue weighted by molar-refractivity contribution is -0.115. The van der Waals surface area contributed by atoms with Gasteiger partial charge in [-0.15, -0.1) is 22.7 Å². The third-order valence-corrected chi connectivity index (χ3v) is 8.15. The van der Waals surface area contributed by atoms with Crippen molar-refractivity contribution in [3.63, 3.8) is 0 Å². The summed E-state index contributed by atoms with van der Waals surface area (Å²) in [4.78, 5) is 25.1. The van der Waals surface area contributed by atoms with Crippen molar-refractivity contribution in [2.75, 3.05) is 15.4 Å². The highest BCUT2D eigenvalue weighted by Crippen LogP contribution is 2.21. The summed E-state index contributed by atoms with van der Waals surface area (Å²) >= 11 is 2.50. The highest BCUT2D eigenvalue weighted by Gasteiger charge is 2.15. The number of hydrogen-bond acceptors (Lipinski definition) is 6. The number of rotatable bonds is 8. The predicted molar refractivity (Wildman–Crippen MR) is 133 cm³/mol. The molecule has 10 heteroatoms. The normalized spacial score (nSPS) is 11.0. The second-order valence-electron chi connectivity index (χ2n) is 6.97. The summed E-state index contributed by atoms with van der Waals surface area (Å²) in [5.74, 6) is -0.389. The Morgan fingerprint density at radius 1 is 0.727 bits per heavy atom. The van der Waals surface area contributed by atoms with Gasteiger partial charge in [-0.2, -0.15) is 0 Å². The van der Waals surface area contributed by atoms with Crippen molar-refractivity contribution in [2.24, 2.45) is 0 Å². The predicted octanol–water partition coefficient (Wildman–Crippen LogP) is 5.04. The zero-order valence-electron chi connectivity index (χ0n) is 17.1.